The Morgan fingerprint density at radius 2 is 2.42 bits per heavy atom. The van der Waals surface area contributed by atoms with Gasteiger partial charge < -0.3 is 10.2 Å². The molecular formula is C13H14N4OS. The van der Waals surface area contributed by atoms with Gasteiger partial charge in [0, 0.05) is 18.4 Å². The number of nitrogens with zero attached hydrogens (tertiary/aromatic N) is 3. The average Bonchev–Trinajstić information content (AvgIpc) is 2.97. The number of carbonyl (C=O) groups is 1. The van der Waals surface area contributed by atoms with Crippen molar-refractivity contribution >= 4 is 28.7 Å². The Hall–Kier alpha value is -1.82. The Bertz CT molecular complexity index is 565. The fraction of sp³-hybridized carbons (Fsp3) is 0.308. The maximum atomic E-state index is 12.0. The molecule has 6 heteroatoms. The van der Waals surface area contributed by atoms with Crippen molar-refractivity contribution in [2.24, 2.45) is 4.99 Å². The molecule has 2 aliphatic heterocycles. The van der Waals surface area contributed by atoms with E-state index in [-0.39, 0.29) is 5.91 Å². The fourth-order valence-corrected chi connectivity index (χ4v) is 2.96. The van der Waals surface area contributed by atoms with Crippen molar-refractivity contribution in [2.45, 2.75) is 13.3 Å². The first kappa shape index (κ1) is 12.2. The van der Waals surface area contributed by atoms with E-state index in [1.807, 2.05) is 24.5 Å². The van der Waals surface area contributed by atoms with Crippen molar-refractivity contribution < 1.29 is 4.79 Å². The number of thioether (sulfide) groups is 1. The number of fused-ring (bicyclic) bond motifs is 1. The molecule has 1 aromatic rings. The molecule has 19 heavy (non-hydrogen) atoms. The van der Waals surface area contributed by atoms with Crippen LogP contribution < -0.4 is 5.32 Å². The van der Waals surface area contributed by atoms with Crippen LogP contribution in [0.25, 0.3) is 0 Å². The zero-order valence-corrected chi connectivity index (χ0v) is 11.4. The van der Waals surface area contributed by atoms with Crippen LogP contribution in [0.3, 0.4) is 0 Å². The molecule has 2 aliphatic rings. The van der Waals surface area contributed by atoms with Gasteiger partial charge in [-0.2, -0.15) is 0 Å². The lowest BCUT2D eigenvalue weighted by Gasteiger charge is -2.15. The number of aromatic nitrogens is 1. The van der Waals surface area contributed by atoms with Crippen molar-refractivity contribution in [3.8, 4) is 0 Å². The SMILES string of the molecule is Cc1ccc(NC(=O)CC2=CSC3=NCCN23)nc1. The molecule has 0 atom stereocenters. The summed E-state index contributed by atoms with van der Waals surface area (Å²) in [4.78, 5) is 22.6. The summed E-state index contributed by atoms with van der Waals surface area (Å²) in [7, 11) is 0. The second-order valence-electron chi connectivity index (χ2n) is 4.49. The van der Waals surface area contributed by atoms with Crippen LogP contribution in [0.5, 0.6) is 0 Å². The maximum absolute atomic E-state index is 12.0. The van der Waals surface area contributed by atoms with Crippen LogP contribution >= 0.6 is 11.8 Å². The number of carbonyl (C=O) groups excluding carboxylic acids is 1. The van der Waals surface area contributed by atoms with Crippen LogP contribution in [0.15, 0.2) is 34.4 Å². The van der Waals surface area contributed by atoms with Crippen molar-refractivity contribution in [3.05, 3.63) is 35.0 Å². The Morgan fingerprint density at radius 3 is 3.21 bits per heavy atom. The first-order valence-corrected chi connectivity index (χ1v) is 7.00. The van der Waals surface area contributed by atoms with E-state index in [4.69, 9.17) is 0 Å². The molecule has 3 rings (SSSR count). The number of rotatable bonds is 3. The number of aliphatic imine (C=N–C) groups is 1. The molecule has 98 valence electrons. The van der Waals surface area contributed by atoms with Gasteiger partial charge in [0.25, 0.3) is 0 Å². The summed E-state index contributed by atoms with van der Waals surface area (Å²) in [6, 6.07) is 3.74. The molecule has 0 aliphatic carbocycles. The molecule has 1 amide bonds. The van der Waals surface area contributed by atoms with Crippen LogP contribution in [0, 0.1) is 6.92 Å². The largest absolute Gasteiger partial charge is 0.322 e. The third-order valence-corrected chi connectivity index (χ3v) is 3.92. The van der Waals surface area contributed by atoms with Gasteiger partial charge in [0.15, 0.2) is 5.17 Å². The van der Waals surface area contributed by atoms with Gasteiger partial charge in [-0.05, 0) is 24.0 Å². The number of nitrogens with one attached hydrogen (secondary N) is 1. The summed E-state index contributed by atoms with van der Waals surface area (Å²) in [6.45, 7) is 3.67. The molecule has 0 spiro atoms. The second-order valence-corrected chi connectivity index (χ2v) is 5.33. The molecule has 0 aromatic carbocycles. The second kappa shape index (κ2) is 5.05. The minimum absolute atomic E-state index is 0.0450. The third-order valence-electron chi connectivity index (χ3n) is 2.97. The molecule has 0 radical (unpaired) electrons. The molecule has 0 bridgehead atoms. The minimum atomic E-state index is -0.0450. The molecule has 5 nitrogen and oxygen atoms in total. The zero-order chi connectivity index (χ0) is 13.2. The minimum Gasteiger partial charge on any atom is -0.322 e. The number of hydrogen-bond donors (Lipinski definition) is 1. The van der Waals surface area contributed by atoms with Crippen LogP contribution in [0.2, 0.25) is 0 Å². The summed E-state index contributed by atoms with van der Waals surface area (Å²) < 4.78 is 0. The first-order valence-electron chi connectivity index (χ1n) is 6.12. The smallest absolute Gasteiger partial charge is 0.231 e. The zero-order valence-electron chi connectivity index (χ0n) is 10.6. The van der Waals surface area contributed by atoms with E-state index < -0.39 is 0 Å². The third kappa shape index (κ3) is 2.63. The van der Waals surface area contributed by atoms with E-state index in [0.29, 0.717) is 12.2 Å². The molecular weight excluding hydrogens is 260 g/mol. The highest BCUT2D eigenvalue weighted by Gasteiger charge is 2.27. The fourth-order valence-electron chi connectivity index (χ4n) is 2.01. The summed E-state index contributed by atoms with van der Waals surface area (Å²) in [5.41, 5.74) is 2.09. The topological polar surface area (TPSA) is 57.6 Å². The molecule has 3 heterocycles. The number of pyridine rings is 1. The highest BCUT2D eigenvalue weighted by molar-refractivity contribution is 8.16. The van der Waals surface area contributed by atoms with E-state index in [2.05, 4.69) is 20.2 Å². The Balaban J connectivity index is 1.60. The predicted octanol–water partition coefficient (Wildman–Crippen LogP) is 1.98. The maximum Gasteiger partial charge on any atom is 0.231 e. The van der Waals surface area contributed by atoms with Crippen LogP contribution in [-0.2, 0) is 4.79 Å². The summed E-state index contributed by atoms with van der Waals surface area (Å²) in [5.74, 6) is 0.550. The van der Waals surface area contributed by atoms with Gasteiger partial charge in [-0.1, -0.05) is 17.8 Å². The van der Waals surface area contributed by atoms with Crippen molar-refractivity contribution in [3.63, 3.8) is 0 Å². The molecule has 1 aromatic heterocycles. The predicted molar refractivity (Wildman–Crippen MR) is 76.9 cm³/mol. The number of aryl methyl sites for hydroxylation is 1. The number of amidine groups is 1. The molecule has 0 unspecified atom stereocenters. The molecule has 0 saturated carbocycles. The van der Waals surface area contributed by atoms with Crippen molar-refractivity contribution in [2.75, 3.05) is 18.4 Å². The van der Waals surface area contributed by atoms with Crippen LogP contribution in [-0.4, -0.2) is 34.0 Å². The quantitative estimate of drug-likeness (QED) is 0.915. The first-order chi connectivity index (χ1) is 9.22. The van der Waals surface area contributed by atoms with Gasteiger partial charge in [-0.25, -0.2) is 4.98 Å². The van der Waals surface area contributed by atoms with E-state index in [1.165, 1.54) is 0 Å². The van der Waals surface area contributed by atoms with Crippen molar-refractivity contribution in [1.82, 2.24) is 9.88 Å². The summed E-state index contributed by atoms with van der Waals surface area (Å²) in [6.07, 6.45) is 2.10. The molecule has 0 fully saturated rings. The van der Waals surface area contributed by atoms with E-state index in [0.717, 1.165) is 29.5 Å². The van der Waals surface area contributed by atoms with Gasteiger partial charge in [-0.15, -0.1) is 0 Å². The Morgan fingerprint density at radius 1 is 1.53 bits per heavy atom. The van der Waals surface area contributed by atoms with Crippen LogP contribution in [0.4, 0.5) is 5.82 Å². The number of hydrogen-bond acceptors (Lipinski definition) is 5. The van der Waals surface area contributed by atoms with Gasteiger partial charge in [0.1, 0.15) is 5.82 Å². The highest BCUT2D eigenvalue weighted by atomic mass is 32.2. The van der Waals surface area contributed by atoms with Gasteiger partial charge >= 0.3 is 0 Å². The lowest BCUT2D eigenvalue weighted by Crippen LogP contribution is -2.24. The van der Waals surface area contributed by atoms with Crippen LogP contribution in [0.1, 0.15) is 12.0 Å². The Kier molecular flexibility index (Phi) is 3.25. The summed E-state index contributed by atoms with van der Waals surface area (Å²) in [5, 5.41) is 5.82. The summed E-state index contributed by atoms with van der Waals surface area (Å²) >= 11 is 1.59. The normalized spacial score (nSPS) is 17.0. The standard InChI is InChI=1S/C13H14N4OS/c1-9-2-3-11(15-7-9)16-12(18)6-10-8-19-13-14-4-5-17(10)13/h2-3,7-8H,4-6H2,1H3,(H,15,16,18). The lowest BCUT2D eigenvalue weighted by atomic mass is 10.3. The molecule has 0 saturated heterocycles. The van der Waals surface area contributed by atoms with E-state index >= 15 is 0 Å². The molecule has 1 N–H and O–H groups in total. The average molecular weight is 274 g/mol. The van der Waals surface area contributed by atoms with E-state index in [9.17, 15) is 4.79 Å². The van der Waals surface area contributed by atoms with Gasteiger partial charge in [-0.3, -0.25) is 9.79 Å². The van der Waals surface area contributed by atoms with Gasteiger partial charge in [0.2, 0.25) is 5.91 Å². The van der Waals surface area contributed by atoms with Gasteiger partial charge in [0.05, 0.1) is 13.0 Å². The number of anilines is 1. The lowest BCUT2D eigenvalue weighted by molar-refractivity contribution is -0.115. The highest BCUT2D eigenvalue weighted by Crippen LogP contribution is 2.30. The van der Waals surface area contributed by atoms with E-state index in [1.54, 1.807) is 18.0 Å². The number of amides is 1. The Labute approximate surface area is 115 Å². The monoisotopic (exact) mass is 274 g/mol. The van der Waals surface area contributed by atoms with Crippen molar-refractivity contribution in [1.29, 1.82) is 0 Å².